The first-order valence-electron chi connectivity index (χ1n) is 6.56. The molecular weight excluding hydrogens is 268 g/mol. The minimum atomic E-state index is -0.168. The van der Waals surface area contributed by atoms with Crippen LogP contribution in [0, 0.1) is 6.92 Å². The summed E-state index contributed by atoms with van der Waals surface area (Å²) in [5.74, 6) is 1.31. The van der Waals surface area contributed by atoms with Crippen molar-refractivity contribution in [3.05, 3.63) is 53.3 Å². The van der Waals surface area contributed by atoms with Crippen LogP contribution < -0.4 is 14.8 Å². The van der Waals surface area contributed by atoms with Crippen LogP contribution in [0.25, 0.3) is 0 Å². The number of aromatic nitrogens is 1. The summed E-state index contributed by atoms with van der Waals surface area (Å²) in [6.07, 6.45) is 3.17. The molecule has 0 spiro atoms. The van der Waals surface area contributed by atoms with Crippen molar-refractivity contribution >= 4 is 5.91 Å². The van der Waals surface area contributed by atoms with Crippen molar-refractivity contribution in [1.82, 2.24) is 10.3 Å². The molecule has 2 aromatic rings. The maximum Gasteiger partial charge on any atom is 0.253 e. The monoisotopic (exact) mass is 286 g/mol. The van der Waals surface area contributed by atoms with Gasteiger partial charge in [-0.1, -0.05) is 0 Å². The van der Waals surface area contributed by atoms with E-state index in [4.69, 9.17) is 9.47 Å². The summed E-state index contributed by atoms with van der Waals surface area (Å²) in [7, 11) is 3.22. The number of ether oxygens (including phenoxy) is 2. The molecule has 1 amide bonds. The molecule has 1 aromatic heterocycles. The van der Waals surface area contributed by atoms with Gasteiger partial charge in [0, 0.05) is 30.1 Å². The normalized spacial score (nSPS) is 10.0. The summed E-state index contributed by atoms with van der Waals surface area (Å²) in [6, 6.07) is 7.20. The van der Waals surface area contributed by atoms with Gasteiger partial charge in [0.2, 0.25) is 0 Å². The molecule has 0 saturated carbocycles. The van der Waals surface area contributed by atoms with Crippen LogP contribution in [-0.2, 0) is 6.54 Å². The SMILES string of the molecule is COc1ccc(CNC(=O)c2cccnc2)c(OC)c1C. The summed E-state index contributed by atoms with van der Waals surface area (Å²) in [4.78, 5) is 15.9. The molecule has 0 unspecified atom stereocenters. The minimum Gasteiger partial charge on any atom is -0.496 e. The first-order valence-corrected chi connectivity index (χ1v) is 6.56. The molecule has 21 heavy (non-hydrogen) atoms. The summed E-state index contributed by atoms with van der Waals surface area (Å²) >= 11 is 0. The third-order valence-electron chi connectivity index (χ3n) is 3.22. The maximum absolute atomic E-state index is 12.0. The molecule has 0 radical (unpaired) electrons. The molecule has 1 aromatic carbocycles. The fourth-order valence-electron chi connectivity index (χ4n) is 2.15. The lowest BCUT2D eigenvalue weighted by molar-refractivity contribution is 0.0950. The summed E-state index contributed by atoms with van der Waals surface area (Å²) in [5, 5.41) is 2.85. The molecule has 2 rings (SSSR count). The van der Waals surface area contributed by atoms with Gasteiger partial charge < -0.3 is 14.8 Å². The molecule has 5 nitrogen and oxygen atoms in total. The zero-order chi connectivity index (χ0) is 15.2. The third kappa shape index (κ3) is 3.31. The Hall–Kier alpha value is -2.56. The van der Waals surface area contributed by atoms with E-state index in [1.807, 2.05) is 19.1 Å². The molecule has 0 aliphatic carbocycles. The number of amides is 1. The standard InChI is InChI=1S/C16H18N2O3/c1-11-14(20-2)7-6-12(15(11)21-3)10-18-16(19)13-5-4-8-17-9-13/h4-9H,10H2,1-3H3,(H,18,19). The fraction of sp³-hybridized carbons (Fsp3) is 0.250. The number of benzene rings is 1. The van der Waals surface area contributed by atoms with Crippen LogP contribution in [0.3, 0.4) is 0 Å². The lowest BCUT2D eigenvalue weighted by Gasteiger charge is -2.15. The molecule has 110 valence electrons. The Morgan fingerprint density at radius 2 is 2.05 bits per heavy atom. The second-order valence-corrected chi connectivity index (χ2v) is 4.51. The quantitative estimate of drug-likeness (QED) is 0.916. The van der Waals surface area contributed by atoms with Gasteiger partial charge in [-0.25, -0.2) is 0 Å². The number of carbonyl (C=O) groups is 1. The van der Waals surface area contributed by atoms with E-state index >= 15 is 0 Å². The Morgan fingerprint density at radius 3 is 2.67 bits per heavy atom. The van der Waals surface area contributed by atoms with Crippen LogP contribution in [0.1, 0.15) is 21.5 Å². The van der Waals surface area contributed by atoms with Crippen molar-refractivity contribution < 1.29 is 14.3 Å². The molecule has 0 aliphatic heterocycles. The topological polar surface area (TPSA) is 60.5 Å². The van der Waals surface area contributed by atoms with Crippen molar-refractivity contribution in [1.29, 1.82) is 0 Å². The number of hydrogen-bond donors (Lipinski definition) is 1. The average Bonchev–Trinajstić information content (AvgIpc) is 2.53. The molecule has 0 aliphatic rings. The van der Waals surface area contributed by atoms with Crippen molar-refractivity contribution in [3.8, 4) is 11.5 Å². The van der Waals surface area contributed by atoms with Gasteiger partial charge in [-0.3, -0.25) is 9.78 Å². The summed E-state index contributed by atoms with van der Waals surface area (Å²) < 4.78 is 10.7. The zero-order valence-electron chi connectivity index (χ0n) is 12.3. The van der Waals surface area contributed by atoms with Crippen LogP contribution in [0.4, 0.5) is 0 Å². The van der Waals surface area contributed by atoms with Gasteiger partial charge in [-0.2, -0.15) is 0 Å². The predicted molar refractivity (Wildman–Crippen MR) is 79.7 cm³/mol. The molecule has 5 heteroatoms. The molecule has 0 fully saturated rings. The lowest BCUT2D eigenvalue weighted by atomic mass is 10.1. The van der Waals surface area contributed by atoms with Crippen LogP contribution in [0.2, 0.25) is 0 Å². The highest BCUT2D eigenvalue weighted by Gasteiger charge is 2.12. The number of rotatable bonds is 5. The second-order valence-electron chi connectivity index (χ2n) is 4.51. The van der Waals surface area contributed by atoms with Crippen molar-refractivity contribution in [2.75, 3.05) is 14.2 Å². The third-order valence-corrected chi connectivity index (χ3v) is 3.22. The van der Waals surface area contributed by atoms with Crippen LogP contribution in [0.15, 0.2) is 36.7 Å². The molecule has 1 N–H and O–H groups in total. The Morgan fingerprint density at radius 1 is 1.24 bits per heavy atom. The largest absolute Gasteiger partial charge is 0.496 e. The maximum atomic E-state index is 12.0. The number of pyridine rings is 1. The first kappa shape index (κ1) is 14.8. The molecule has 1 heterocycles. The van der Waals surface area contributed by atoms with E-state index in [2.05, 4.69) is 10.3 Å². The highest BCUT2D eigenvalue weighted by Crippen LogP contribution is 2.31. The van der Waals surface area contributed by atoms with Crippen LogP contribution >= 0.6 is 0 Å². The van der Waals surface area contributed by atoms with Gasteiger partial charge in [0.1, 0.15) is 11.5 Å². The van der Waals surface area contributed by atoms with E-state index in [-0.39, 0.29) is 5.91 Å². The van der Waals surface area contributed by atoms with E-state index in [9.17, 15) is 4.79 Å². The van der Waals surface area contributed by atoms with Crippen molar-refractivity contribution in [3.63, 3.8) is 0 Å². The van der Waals surface area contributed by atoms with Gasteiger partial charge in [-0.05, 0) is 31.2 Å². The van der Waals surface area contributed by atoms with Crippen LogP contribution in [-0.4, -0.2) is 25.1 Å². The molecule has 0 saturated heterocycles. The first-order chi connectivity index (χ1) is 10.2. The average molecular weight is 286 g/mol. The van der Waals surface area contributed by atoms with E-state index in [1.165, 1.54) is 6.20 Å². The fourth-order valence-corrected chi connectivity index (χ4v) is 2.15. The van der Waals surface area contributed by atoms with Gasteiger partial charge in [0.15, 0.2) is 0 Å². The lowest BCUT2D eigenvalue weighted by Crippen LogP contribution is -2.23. The highest BCUT2D eigenvalue weighted by atomic mass is 16.5. The highest BCUT2D eigenvalue weighted by molar-refractivity contribution is 5.93. The molecule has 0 atom stereocenters. The summed E-state index contributed by atoms with van der Waals surface area (Å²) in [6.45, 7) is 2.30. The summed E-state index contributed by atoms with van der Waals surface area (Å²) in [5.41, 5.74) is 2.34. The van der Waals surface area contributed by atoms with E-state index in [0.29, 0.717) is 12.1 Å². The van der Waals surface area contributed by atoms with Gasteiger partial charge in [0.25, 0.3) is 5.91 Å². The Bertz CT molecular complexity index is 627. The smallest absolute Gasteiger partial charge is 0.253 e. The van der Waals surface area contributed by atoms with E-state index in [0.717, 1.165) is 22.6 Å². The van der Waals surface area contributed by atoms with Gasteiger partial charge >= 0.3 is 0 Å². The zero-order valence-corrected chi connectivity index (χ0v) is 12.3. The van der Waals surface area contributed by atoms with Gasteiger partial charge in [0.05, 0.1) is 19.8 Å². The Kier molecular flexibility index (Phi) is 4.77. The number of hydrogen-bond acceptors (Lipinski definition) is 4. The molecule has 0 bridgehead atoms. The number of nitrogens with one attached hydrogen (secondary N) is 1. The second kappa shape index (κ2) is 6.74. The van der Waals surface area contributed by atoms with E-state index in [1.54, 1.807) is 32.5 Å². The van der Waals surface area contributed by atoms with Crippen molar-refractivity contribution in [2.24, 2.45) is 0 Å². The van der Waals surface area contributed by atoms with Crippen molar-refractivity contribution in [2.45, 2.75) is 13.5 Å². The van der Waals surface area contributed by atoms with Gasteiger partial charge in [-0.15, -0.1) is 0 Å². The Balaban J connectivity index is 2.13. The predicted octanol–water partition coefficient (Wildman–Crippen LogP) is 2.34. The molecular formula is C16H18N2O3. The number of methoxy groups -OCH3 is 2. The van der Waals surface area contributed by atoms with Crippen LogP contribution in [0.5, 0.6) is 11.5 Å². The Labute approximate surface area is 123 Å². The van der Waals surface area contributed by atoms with E-state index < -0.39 is 0 Å². The number of nitrogens with zero attached hydrogens (tertiary/aromatic N) is 1. The number of carbonyl (C=O) groups excluding carboxylic acids is 1. The minimum absolute atomic E-state index is 0.168.